The van der Waals surface area contributed by atoms with Gasteiger partial charge in [-0.25, -0.2) is 0 Å². The number of hydrogen-bond donors (Lipinski definition) is 1. The van der Waals surface area contributed by atoms with E-state index in [1.807, 2.05) is 13.8 Å². The Labute approximate surface area is 92.9 Å². The van der Waals surface area contributed by atoms with Crippen LogP contribution in [0.2, 0.25) is 0 Å². The van der Waals surface area contributed by atoms with Gasteiger partial charge >= 0.3 is 0 Å². The minimum absolute atomic E-state index is 0.612. The van der Waals surface area contributed by atoms with Crippen LogP contribution in [0.1, 0.15) is 13.8 Å². The van der Waals surface area contributed by atoms with Crippen molar-refractivity contribution in [3.8, 4) is 0 Å². The quantitative estimate of drug-likeness (QED) is 0.734. The van der Waals surface area contributed by atoms with Gasteiger partial charge in [0.1, 0.15) is 0 Å². The minimum atomic E-state index is 0.612. The third-order valence-electron chi connectivity index (χ3n) is 2.60. The topological polar surface area (TPSA) is 33.7 Å². The normalized spacial score (nSPS) is 22.8. The van der Waals surface area contributed by atoms with Gasteiger partial charge in [0.25, 0.3) is 0 Å². The van der Waals surface area contributed by atoms with Crippen LogP contribution in [-0.4, -0.2) is 63.5 Å². The number of nitrogens with one attached hydrogen (secondary N) is 1. The summed E-state index contributed by atoms with van der Waals surface area (Å²) >= 11 is 0. The number of nitrogens with zero attached hydrogens (tertiary/aromatic N) is 1. The van der Waals surface area contributed by atoms with E-state index in [9.17, 15) is 0 Å². The van der Waals surface area contributed by atoms with Gasteiger partial charge in [0, 0.05) is 26.2 Å². The van der Waals surface area contributed by atoms with Crippen LogP contribution in [0.3, 0.4) is 0 Å². The zero-order valence-corrected chi connectivity index (χ0v) is 10.00. The van der Waals surface area contributed by atoms with Crippen LogP contribution in [0, 0.1) is 0 Å². The van der Waals surface area contributed by atoms with Crippen LogP contribution in [0.4, 0.5) is 0 Å². The first-order valence-electron chi connectivity index (χ1n) is 6.06. The molecule has 2 saturated heterocycles. The molecule has 0 amide bonds. The Morgan fingerprint density at radius 2 is 1.80 bits per heavy atom. The molecular formula is C11H24N2O2. The Morgan fingerprint density at radius 3 is 2.33 bits per heavy atom. The van der Waals surface area contributed by atoms with Gasteiger partial charge in [-0.15, -0.1) is 0 Å². The molecule has 4 heteroatoms. The van der Waals surface area contributed by atoms with Crippen molar-refractivity contribution >= 4 is 0 Å². The summed E-state index contributed by atoms with van der Waals surface area (Å²) in [6.07, 6.45) is 0. The average Bonchev–Trinajstić information content (AvgIpc) is 2.26. The van der Waals surface area contributed by atoms with Crippen LogP contribution in [0.15, 0.2) is 0 Å². The summed E-state index contributed by atoms with van der Waals surface area (Å²) < 4.78 is 10.4. The Balaban J connectivity index is 0.000000531. The largest absolute Gasteiger partial charge is 0.379 e. The van der Waals surface area contributed by atoms with Gasteiger partial charge in [0.15, 0.2) is 0 Å². The number of ether oxygens (including phenoxy) is 2. The summed E-state index contributed by atoms with van der Waals surface area (Å²) in [5.74, 6) is 0. The second kappa shape index (κ2) is 8.05. The van der Waals surface area contributed by atoms with E-state index in [1.54, 1.807) is 0 Å². The van der Waals surface area contributed by atoms with Gasteiger partial charge in [-0.05, 0) is 0 Å². The predicted octanol–water partition coefficient (Wildman–Crippen LogP) is 0.333. The van der Waals surface area contributed by atoms with E-state index in [4.69, 9.17) is 9.47 Å². The Hall–Kier alpha value is -0.160. The van der Waals surface area contributed by atoms with Gasteiger partial charge in [0.05, 0.1) is 32.5 Å². The van der Waals surface area contributed by atoms with Crippen LogP contribution >= 0.6 is 0 Å². The molecule has 0 aromatic heterocycles. The van der Waals surface area contributed by atoms with Crippen molar-refractivity contribution < 1.29 is 9.47 Å². The number of hydrogen-bond acceptors (Lipinski definition) is 4. The lowest BCUT2D eigenvalue weighted by Crippen LogP contribution is -2.49. The molecule has 2 aliphatic rings. The van der Waals surface area contributed by atoms with Crippen LogP contribution in [0.25, 0.3) is 0 Å². The lowest BCUT2D eigenvalue weighted by Gasteiger charge is -2.30. The summed E-state index contributed by atoms with van der Waals surface area (Å²) in [6.45, 7) is 12.0. The first kappa shape index (κ1) is 12.9. The van der Waals surface area contributed by atoms with E-state index in [2.05, 4.69) is 10.2 Å². The molecule has 0 bridgehead atoms. The van der Waals surface area contributed by atoms with E-state index in [-0.39, 0.29) is 0 Å². The molecule has 1 N–H and O–H groups in total. The summed E-state index contributed by atoms with van der Waals surface area (Å²) in [7, 11) is 0. The highest BCUT2D eigenvalue weighted by atomic mass is 16.5. The second-order valence-corrected chi connectivity index (χ2v) is 3.64. The Kier molecular flexibility index (Phi) is 6.92. The maximum atomic E-state index is 5.28. The average molecular weight is 216 g/mol. The van der Waals surface area contributed by atoms with Crippen molar-refractivity contribution in [3.05, 3.63) is 0 Å². The molecule has 2 rings (SSSR count). The van der Waals surface area contributed by atoms with Crippen LogP contribution in [0.5, 0.6) is 0 Å². The molecule has 2 fully saturated rings. The van der Waals surface area contributed by atoms with Crippen molar-refractivity contribution in [1.82, 2.24) is 10.2 Å². The highest BCUT2D eigenvalue weighted by Gasteiger charge is 2.17. The molecule has 15 heavy (non-hydrogen) atoms. The maximum Gasteiger partial charge on any atom is 0.0643 e. The third kappa shape index (κ3) is 4.93. The van der Waals surface area contributed by atoms with Gasteiger partial charge < -0.3 is 14.8 Å². The molecule has 0 aliphatic carbocycles. The summed E-state index contributed by atoms with van der Waals surface area (Å²) in [5, 5.41) is 3.46. The van der Waals surface area contributed by atoms with Gasteiger partial charge in [-0.1, -0.05) is 13.8 Å². The second-order valence-electron chi connectivity index (χ2n) is 3.64. The molecule has 0 saturated carbocycles. The van der Waals surface area contributed by atoms with Crippen molar-refractivity contribution in [1.29, 1.82) is 0 Å². The SMILES string of the molecule is C(CN1CCOCC1)NC1COC1.CC. The zero-order chi connectivity index (χ0) is 10.9. The maximum absolute atomic E-state index is 5.28. The lowest BCUT2D eigenvalue weighted by molar-refractivity contribution is -0.00799. The molecule has 0 atom stereocenters. The molecule has 90 valence electrons. The highest BCUT2D eigenvalue weighted by molar-refractivity contribution is 4.73. The fourth-order valence-corrected chi connectivity index (χ4v) is 1.61. The fourth-order valence-electron chi connectivity index (χ4n) is 1.61. The van der Waals surface area contributed by atoms with Crippen molar-refractivity contribution in [3.63, 3.8) is 0 Å². The van der Waals surface area contributed by atoms with Gasteiger partial charge in [-0.2, -0.15) is 0 Å². The number of rotatable bonds is 4. The summed E-state index contributed by atoms with van der Waals surface area (Å²) in [5.41, 5.74) is 0. The molecule has 0 unspecified atom stereocenters. The van der Waals surface area contributed by atoms with Gasteiger partial charge in [0.2, 0.25) is 0 Å². The molecule has 0 aromatic carbocycles. The van der Waals surface area contributed by atoms with Crippen LogP contribution in [-0.2, 0) is 9.47 Å². The summed E-state index contributed by atoms with van der Waals surface area (Å²) in [4.78, 5) is 2.44. The highest BCUT2D eigenvalue weighted by Crippen LogP contribution is 1.99. The van der Waals surface area contributed by atoms with Gasteiger partial charge in [-0.3, -0.25) is 4.90 Å². The summed E-state index contributed by atoms with van der Waals surface area (Å²) in [6, 6.07) is 0.612. The van der Waals surface area contributed by atoms with E-state index in [0.717, 1.165) is 52.6 Å². The molecule has 2 aliphatic heterocycles. The van der Waals surface area contributed by atoms with E-state index < -0.39 is 0 Å². The van der Waals surface area contributed by atoms with E-state index in [1.165, 1.54) is 0 Å². The molecular weight excluding hydrogens is 192 g/mol. The lowest BCUT2D eigenvalue weighted by atomic mass is 10.2. The van der Waals surface area contributed by atoms with Crippen molar-refractivity contribution in [2.24, 2.45) is 0 Å². The first-order chi connectivity index (χ1) is 7.45. The molecule has 4 nitrogen and oxygen atoms in total. The monoisotopic (exact) mass is 216 g/mol. The predicted molar refractivity (Wildman–Crippen MR) is 61.2 cm³/mol. The standard InChI is InChI=1S/C9H18N2O2.C2H6/c1(10-9-7-13-8-9)2-11-3-5-12-6-4-11;1-2/h9-10H,1-8H2;1-2H3. The van der Waals surface area contributed by atoms with E-state index >= 15 is 0 Å². The van der Waals surface area contributed by atoms with Crippen LogP contribution < -0.4 is 5.32 Å². The Morgan fingerprint density at radius 1 is 1.13 bits per heavy atom. The zero-order valence-electron chi connectivity index (χ0n) is 10.00. The minimum Gasteiger partial charge on any atom is -0.379 e. The smallest absolute Gasteiger partial charge is 0.0643 e. The number of morpholine rings is 1. The molecule has 0 aromatic rings. The third-order valence-corrected chi connectivity index (χ3v) is 2.60. The first-order valence-corrected chi connectivity index (χ1v) is 6.06. The molecule has 0 radical (unpaired) electrons. The van der Waals surface area contributed by atoms with Crippen molar-refractivity contribution in [2.75, 3.05) is 52.6 Å². The molecule has 2 heterocycles. The van der Waals surface area contributed by atoms with Crippen molar-refractivity contribution in [2.45, 2.75) is 19.9 Å². The molecule has 0 spiro atoms. The fraction of sp³-hybridized carbons (Fsp3) is 1.00. The van der Waals surface area contributed by atoms with E-state index in [0.29, 0.717) is 6.04 Å². The Bertz CT molecular complexity index is 146.